The van der Waals surface area contributed by atoms with Gasteiger partial charge in [0.2, 0.25) is 0 Å². The van der Waals surface area contributed by atoms with Gasteiger partial charge in [-0.2, -0.15) is 0 Å². The van der Waals surface area contributed by atoms with Crippen LogP contribution in [0.1, 0.15) is 0 Å². The predicted octanol–water partition coefficient (Wildman–Crippen LogP) is 2.42. The van der Waals surface area contributed by atoms with Crippen molar-refractivity contribution in [2.24, 2.45) is 0 Å². The van der Waals surface area contributed by atoms with Crippen LogP contribution in [0.15, 0.2) is 17.0 Å². The molecule has 0 aliphatic rings. The first kappa shape index (κ1) is 11.6. The Balaban J connectivity index is 3.57. The van der Waals surface area contributed by atoms with E-state index in [-0.39, 0.29) is 10.8 Å². The summed E-state index contributed by atoms with van der Waals surface area (Å²) >= 11 is 5.57. The monoisotopic (exact) mass is 258 g/mol. The molecule has 0 fully saturated rings. The molecule has 0 bridgehead atoms. The largest absolute Gasteiger partial charge is 0.495 e. The van der Waals surface area contributed by atoms with Gasteiger partial charge in [0.1, 0.15) is 21.5 Å². The molecule has 0 atom stereocenters. The molecule has 0 aliphatic carbocycles. The van der Waals surface area contributed by atoms with Gasteiger partial charge in [-0.05, 0) is 12.1 Å². The van der Waals surface area contributed by atoms with Crippen molar-refractivity contribution in [2.45, 2.75) is 4.90 Å². The van der Waals surface area contributed by atoms with Crippen molar-refractivity contribution in [1.82, 2.24) is 0 Å². The Morgan fingerprint density at radius 3 is 2.43 bits per heavy atom. The Hall–Kier alpha value is -0.520. The zero-order valence-electron chi connectivity index (χ0n) is 6.92. The van der Waals surface area contributed by atoms with Crippen molar-refractivity contribution in [3.8, 4) is 5.75 Å². The van der Waals surface area contributed by atoms with Crippen LogP contribution in [0, 0.1) is 5.82 Å². The van der Waals surface area contributed by atoms with Crippen LogP contribution in [0.3, 0.4) is 0 Å². The second kappa shape index (κ2) is 3.92. The van der Waals surface area contributed by atoms with Crippen molar-refractivity contribution in [1.29, 1.82) is 0 Å². The third-order valence-corrected chi connectivity index (χ3v) is 3.31. The molecule has 0 saturated heterocycles. The molecule has 1 aromatic carbocycles. The third kappa shape index (κ3) is 2.10. The van der Waals surface area contributed by atoms with Gasteiger partial charge in [-0.3, -0.25) is 0 Å². The van der Waals surface area contributed by atoms with Gasteiger partial charge >= 0.3 is 0 Å². The van der Waals surface area contributed by atoms with Gasteiger partial charge < -0.3 is 4.74 Å². The lowest BCUT2D eigenvalue weighted by molar-refractivity contribution is 0.411. The van der Waals surface area contributed by atoms with Gasteiger partial charge in [0.15, 0.2) is 0 Å². The molecule has 14 heavy (non-hydrogen) atoms. The second-order valence-corrected chi connectivity index (χ2v) is 5.21. The molecule has 1 aromatic rings. The van der Waals surface area contributed by atoms with Crippen molar-refractivity contribution in [3.63, 3.8) is 0 Å². The van der Waals surface area contributed by atoms with Gasteiger partial charge in [0, 0.05) is 10.7 Å². The molecule has 1 rings (SSSR count). The summed E-state index contributed by atoms with van der Waals surface area (Å²) in [5, 5.41) is -0.359. The van der Waals surface area contributed by atoms with E-state index in [1.807, 2.05) is 0 Å². The molecule has 0 radical (unpaired) electrons. The van der Waals surface area contributed by atoms with Gasteiger partial charge in [0.05, 0.1) is 7.11 Å². The van der Waals surface area contributed by atoms with Crippen LogP contribution in [0.4, 0.5) is 4.39 Å². The van der Waals surface area contributed by atoms with E-state index in [4.69, 9.17) is 27.0 Å². The van der Waals surface area contributed by atoms with Crippen LogP contribution >= 0.6 is 22.3 Å². The highest BCUT2D eigenvalue weighted by molar-refractivity contribution is 8.13. The predicted molar refractivity (Wildman–Crippen MR) is 51.0 cm³/mol. The second-order valence-electron chi connectivity index (χ2n) is 2.33. The first-order chi connectivity index (χ1) is 6.38. The lowest BCUT2D eigenvalue weighted by atomic mass is 10.3. The summed E-state index contributed by atoms with van der Waals surface area (Å²) in [4.78, 5) is -0.764. The highest BCUT2D eigenvalue weighted by Gasteiger charge is 2.23. The molecular weight excluding hydrogens is 254 g/mol. The molecule has 0 aromatic heterocycles. The zero-order chi connectivity index (χ0) is 10.9. The summed E-state index contributed by atoms with van der Waals surface area (Å²) in [6.07, 6.45) is 0. The Morgan fingerprint density at radius 1 is 1.43 bits per heavy atom. The minimum absolute atomic E-state index is 0.0484. The fourth-order valence-corrected chi connectivity index (χ4v) is 2.62. The van der Waals surface area contributed by atoms with E-state index in [1.165, 1.54) is 13.2 Å². The smallest absolute Gasteiger partial charge is 0.265 e. The Bertz CT molecular complexity index is 458. The van der Waals surface area contributed by atoms with E-state index >= 15 is 0 Å². The Kier molecular flexibility index (Phi) is 3.24. The fraction of sp³-hybridized carbons (Fsp3) is 0.143. The van der Waals surface area contributed by atoms with Crippen molar-refractivity contribution in [3.05, 3.63) is 23.0 Å². The molecule has 0 aliphatic heterocycles. The van der Waals surface area contributed by atoms with Crippen molar-refractivity contribution >= 4 is 31.3 Å². The van der Waals surface area contributed by atoms with Crippen molar-refractivity contribution in [2.75, 3.05) is 7.11 Å². The average molecular weight is 259 g/mol. The van der Waals surface area contributed by atoms with Crippen LogP contribution in [-0.4, -0.2) is 15.5 Å². The standard InChI is InChI=1S/C7H5Cl2FO3S/c1-13-5-3-2-4(10)7(6(5)8)14(9,11)12/h2-3H,1H3. The maximum Gasteiger partial charge on any atom is 0.265 e. The summed E-state index contributed by atoms with van der Waals surface area (Å²) in [7, 11) is 2.06. The van der Waals surface area contributed by atoms with E-state index in [1.54, 1.807) is 0 Å². The summed E-state index contributed by atoms with van der Waals surface area (Å²) in [6.45, 7) is 0. The molecule has 0 N–H and O–H groups in total. The number of ether oxygens (including phenoxy) is 1. The number of rotatable bonds is 2. The van der Waals surface area contributed by atoms with Gasteiger partial charge in [-0.1, -0.05) is 11.6 Å². The third-order valence-electron chi connectivity index (χ3n) is 1.48. The molecule has 7 heteroatoms. The number of benzene rings is 1. The molecule has 0 amide bonds. The van der Waals surface area contributed by atoms with E-state index < -0.39 is 19.8 Å². The van der Waals surface area contributed by atoms with Crippen LogP contribution in [0.2, 0.25) is 5.02 Å². The first-order valence-corrected chi connectivity index (χ1v) is 6.03. The SMILES string of the molecule is COc1ccc(F)c(S(=O)(=O)Cl)c1Cl. The lowest BCUT2D eigenvalue weighted by Crippen LogP contribution is -1.98. The van der Waals surface area contributed by atoms with Crippen LogP contribution in [0.25, 0.3) is 0 Å². The molecule has 78 valence electrons. The molecule has 0 heterocycles. The highest BCUT2D eigenvalue weighted by Crippen LogP contribution is 2.34. The van der Waals surface area contributed by atoms with Gasteiger partial charge in [0.25, 0.3) is 9.05 Å². The number of halogens is 3. The van der Waals surface area contributed by atoms with E-state index in [9.17, 15) is 12.8 Å². The topological polar surface area (TPSA) is 43.4 Å². The Morgan fingerprint density at radius 2 is 2.00 bits per heavy atom. The number of hydrogen-bond donors (Lipinski definition) is 0. The van der Waals surface area contributed by atoms with Crippen LogP contribution in [-0.2, 0) is 9.05 Å². The summed E-state index contributed by atoms with van der Waals surface area (Å²) in [5.74, 6) is -0.960. The zero-order valence-corrected chi connectivity index (χ0v) is 9.25. The molecule has 0 saturated carbocycles. The summed E-state index contributed by atoms with van der Waals surface area (Å²) in [6, 6.07) is 2.13. The van der Waals surface area contributed by atoms with Crippen LogP contribution in [0.5, 0.6) is 5.75 Å². The fourth-order valence-electron chi connectivity index (χ4n) is 0.896. The van der Waals surface area contributed by atoms with Gasteiger partial charge in [-0.25, -0.2) is 12.8 Å². The first-order valence-electron chi connectivity index (χ1n) is 3.34. The number of hydrogen-bond acceptors (Lipinski definition) is 3. The quantitative estimate of drug-likeness (QED) is 0.766. The molecule has 3 nitrogen and oxygen atoms in total. The van der Waals surface area contributed by atoms with E-state index in [2.05, 4.69) is 0 Å². The van der Waals surface area contributed by atoms with Crippen molar-refractivity contribution < 1.29 is 17.5 Å². The summed E-state index contributed by atoms with van der Waals surface area (Å²) in [5.41, 5.74) is 0. The molecule has 0 spiro atoms. The maximum absolute atomic E-state index is 13.1. The lowest BCUT2D eigenvalue weighted by Gasteiger charge is -2.06. The highest BCUT2D eigenvalue weighted by atomic mass is 35.7. The average Bonchev–Trinajstić information content (AvgIpc) is 2.02. The normalized spacial score (nSPS) is 11.4. The maximum atomic E-state index is 13.1. The van der Waals surface area contributed by atoms with E-state index in [0.29, 0.717) is 0 Å². The minimum atomic E-state index is -4.21. The number of methoxy groups -OCH3 is 1. The minimum Gasteiger partial charge on any atom is -0.495 e. The summed E-state index contributed by atoms with van der Waals surface area (Å²) < 4.78 is 39.6. The van der Waals surface area contributed by atoms with E-state index in [0.717, 1.165) is 6.07 Å². The Labute approximate surface area is 89.8 Å². The van der Waals surface area contributed by atoms with Crippen LogP contribution < -0.4 is 4.74 Å². The van der Waals surface area contributed by atoms with Gasteiger partial charge in [-0.15, -0.1) is 0 Å². The molecular formula is C7H5Cl2FO3S. The molecule has 0 unspecified atom stereocenters.